The van der Waals surface area contributed by atoms with E-state index in [9.17, 15) is 0 Å². The van der Waals surface area contributed by atoms with E-state index in [2.05, 4.69) is 19.9 Å². The molecule has 90 valence electrons. The molecule has 0 radical (unpaired) electrons. The minimum atomic E-state index is 0.0267. The highest BCUT2D eigenvalue weighted by molar-refractivity contribution is 5.69. The summed E-state index contributed by atoms with van der Waals surface area (Å²) in [5.41, 5.74) is 7.67. The van der Waals surface area contributed by atoms with Crippen LogP contribution in [-0.2, 0) is 5.41 Å². The van der Waals surface area contributed by atoms with Crippen LogP contribution in [-0.4, -0.2) is 26.5 Å². The van der Waals surface area contributed by atoms with E-state index >= 15 is 0 Å². The second kappa shape index (κ2) is 4.07. The number of nitrogens with two attached hydrogens (primary N) is 1. The molecule has 0 amide bonds. The summed E-state index contributed by atoms with van der Waals surface area (Å²) in [6, 6.07) is 0. The van der Waals surface area contributed by atoms with Crippen molar-refractivity contribution >= 4 is 11.2 Å². The lowest BCUT2D eigenvalue weighted by Crippen LogP contribution is -2.38. The molecule has 3 rings (SSSR count). The van der Waals surface area contributed by atoms with Gasteiger partial charge in [0.15, 0.2) is 5.65 Å². The molecule has 0 aromatic carbocycles. The number of aromatic amines is 1. The van der Waals surface area contributed by atoms with Gasteiger partial charge in [-0.2, -0.15) is 0 Å². The topological polar surface area (TPSA) is 80.5 Å². The molecule has 0 unspecified atom stereocenters. The van der Waals surface area contributed by atoms with Crippen LogP contribution in [0.1, 0.15) is 37.9 Å². The van der Waals surface area contributed by atoms with Crippen LogP contribution in [0.3, 0.4) is 0 Å². The molecular formula is C12H17N5. The van der Waals surface area contributed by atoms with Gasteiger partial charge in [-0.05, 0) is 12.8 Å². The SMILES string of the molecule is NCC1(c2nc3ncncc3[nH]2)CCCCC1. The summed E-state index contributed by atoms with van der Waals surface area (Å²) in [6.45, 7) is 0.653. The number of rotatable bonds is 2. The zero-order chi connectivity index (χ0) is 11.7. The molecule has 2 aromatic heterocycles. The molecule has 2 aromatic rings. The molecule has 0 atom stereocenters. The first-order chi connectivity index (χ1) is 8.34. The third-order valence-corrected chi connectivity index (χ3v) is 3.87. The van der Waals surface area contributed by atoms with Crippen molar-refractivity contribution in [3.63, 3.8) is 0 Å². The van der Waals surface area contributed by atoms with Crippen LogP contribution < -0.4 is 5.73 Å². The van der Waals surface area contributed by atoms with E-state index in [0.717, 1.165) is 29.8 Å². The third-order valence-electron chi connectivity index (χ3n) is 3.87. The lowest BCUT2D eigenvalue weighted by molar-refractivity contribution is 0.288. The van der Waals surface area contributed by atoms with Crippen molar-refractivity contribution in [2.24, 2.45) is 5.73 Å². The number of H-pyrrole nitrogens is 1. The van der Waals surface area contributed by atoms with Crippen LogP contribution in [0.25, 0.3) is 11.2 Å². The van der Waals surface area contributed by atoms with Crippen LogP contribution in [0.4, 0.5) is 0 Å². The molecular weight excluding hydrogens is 214 g/mol. The Morgan fingerprint density at radius 3 is 2.82 bits per heavy atom. The molecule has 0 bridgehead atoms. The highest BCUT2D eigenvalue weighted by Crippen LogP contribution is 2.37. The fraction of sp³-hybridized carbons (Fsp3) is 0.583. The lowest BCUT2D eigenvalue weighted by atomic mass is 9.73. The smallest absolute Gasteiger partial charge is 0.180 e. The first-order valence-electron chi connectivity index (χ1n) is 6.20. The molecule has 0 aliphatic heterocycles. The van der Waals surface area contributed by atoms with Crippen molar-refractivity contribution in [1.29, 1.82) is 0 Å². The fourth-order valence-electron chi connectivity index (χ4n) is 2.78. The maximum absolute atomic E-state index is 6.00. The zero-order valence-electron chi connectivity index (χ0n) is 9.82. The highest BCUT2D eigenvalue weighted by atomic mass is 15.0. The predicted molar refractivity (Wildman–Crippen MR) is 65.5 cm³/mol. The Hall–Kier alpha value is -1.49. The summed E-state index contributed by atoms with van der Waals surface area (Å²) in [4.78, 5) is 16.1. The second-order valence-corrected chi connectivity index (χ2v) is 4.89. The summed E-state index contributed by atoms with van der Waals surface area (Å²) in [5, 5.41) is 0. The Labute approximate surface area is 99.9 Å². The van der Waals surface area contributed by atoms with Crippen molar-refractivity contribution in [1.82, 2.24) is 19.9 Å². The molecule has 0 saturated heterocycles. The van der Waals surface area contributed by atoms with Crippen LogP contribution >= 0.6 is 0 Å². The summed E-state index contributed by atoms with van der Waals surface area (Å²) >= 11 is 0. The van der Waals surface area contributed by atoms with Crippen molar-refractivity contribution in [2.45, 2.75) is 37.5 Å². The fourth-order valence-corrected chi connectivity index (χ4v) is 2.78. The number of nitrogens with zero attached hydrogens (tertiary/aromatic N) is 3. The summed E-state index contributed by atoms with van der Waals surface area (Å²) < 4.78 is 0. The Balaban J connectivity index is 2.05. The lowest BCUT2D eigenvalue weighted by Gasteiger charge is -2.34. The number of nitrogens with one attached hydrogen (secondary N) is 1. The van der Waals surface area contributed by atoms with Crippen molar-refractivity contribution in [3.05, 3.63) is 18.3 Å². The van der Waals surface area contributed by atoms with Gasteiger partial charge < -0.3 is 10.7 Å². The van der Waals surface area contributed by atoms with E-state index in [1.54, 1.807) is 6.20 Å². The Morgan fingerprint density at radius 2 is 2.12 bits per heavy atom. The molecule has 1 aliphatic carbocycles. The molecule has 17 heavy (non-hydrogen) atoms. The number of fused-ring (bicyclic) bond motifs is 1. The Morgan fingerprint density at radius 1 is 1.29 bits per heavy atom. The average Bonchev–Trinajstić information content (AvgIpc) is 2.84. The van der Waals surface area contributed by atoms with E-state index in [1.165, 1.54) is 25.6 Å². The minimum absolute atomic E-state index is 0.0267. The maximum Gasteiger partial charge on any atom is 0.180 e. The number of imidazole rings is 1. The third kappa shape index (κ3) is 1.70. The molecule has 5 nitrogen and oxygen atoms in total. The summed E-state index contributed by atoms with van der Waals surface area (Å²) in [7, 11) is 0. The van der Waals surface area contributed by atoms with Crippen LogP contribution in [0.5, 0.6) is 0 Å². The van der Waals surface area contributed by atoms with E-state index in [-0.39, 0.29) is 5.41 Å². The molecule has 2 heterocycles. The maximum atomic E-state index is 6.00. The van der Waals surface area contributed by atoms with Gasteiger partial charge in [0.25, 0.3) is 0 Å². The number of aromatic nitrogens is 4. The van der Waals surface area contributed by atoms with Gasteiger partial charge in [-0.15, -0.1) is 0 Å². The van der Waals surface area contributed by atoms with E-state index in [1.807, 2.05) is 0 Å². The molecule has 0 spiro atoms. The van der Waals surface area contributed by atoms with E-state index < -0.39 is 0 Å². The predicted octanol–water partition coefficient (Wildman–Crippen LogP) is 1.51. The largest absolute Gasteiger partial charge is 0.339 e. The Bertz CT molecular complexity index is 479. The summed E-state index contributed by atoms with van der Waals surface area (Å²) in [5.74, 6) is 0.996. The molecule has 1 saturated carbocycles. The molecule has 3 N–H and O–H groups in total. The van der Waals surface area contributed by atoms with Crippen molar-refractivity contribution in [3.8, 4) is 0 Å². The van der Waals surface area contributed by atoms with Gasteiger partial charge >= 0.3 is 0 Å². The van der Waals surface area contributed by atoms with Crippen LogP contribution in [0, 0.1) is 0 Å². The van der Waals surface area contributed by atoms with Gasteiger partial charge in [0, 0.05) is 12.0 Å². The van der Waals surface area contributed by atoms with Gasteiger partial charge in [0.1, 0.15) is 17.7 Å². The minimum Gasteiger partial charge on any atom is -0.339 e. The number of hydrogen-bond donors (Lipinski definition) is 2. The van der Waals surface area contributed by atoms with Gasteiger partial charge in [0.2, 0.25) is 0 Å². The van der Waals surface area contributed by atoms with Crippen LogP contribution in [0.15, 0.2) is 12.5 Å². The zero-order valence-corrected chi connectivity index (χ0v) is 9.82. The number of hydrogen-bond acceptors (Lipinski definition) is 4. The normalized spacial score (nSPS) is 19.6. The first-order valence-corrected chi connectivity index (χ1v) is 6.20. The van der Waals surface area contributed by atoms with Crippen molar-refractivity contribution < 1.29 is 0 Å². The van der Waals surface area contributed by atoms with E-state index in [4.69, 9.17) is 5.73 Å². The van der Waals surface area contributed by atoms with Crippen LogP contribution in [0.2, 0.25) is 0 Å². The quantitative estimate of drug-likeness (QED) is 0.821. The standard InChI is InChI=1S/C12H17N5/c13-7-12(4-2-1-3-5-12)11-16-9-6-14-8-15-10(9)17-11/h6,8H,1-5,7,13H2,(H,14,15,16,17). The van der Waals surface area contributed by atoms with E-state index in [0.29, 0.717) is 6.54 Å². The monoisotopic (exact) mass is 231 g/mol. The Kier molecular flexibility index (Phi) is 2.55. The summed E-state index contributed by atoms with van der Waals surface area (Å²) in [6.07, 6.45) is 9.32. The van der Waals surface area contributed by atoms with Gasteiger partial charge in [-0.25, -0.2) is 15.0 Å². The first kappa shape index (κ1) is 10.7. The molecule has 1 aliphatic rings. The highest BCUT2D eigenvalue weighted by Gasteiger charge is 2.35. The van der Waals surface area contributed by atoms with Gasteiger partial charge in [0.05, 0.1) is 6.20 Å². The van der Waals surface area contributed by atoms with Gasteiger partial charge in [-0.3, -0.25) is 0 Å². The van der Waals surface area contributed by atoms with Gasteiger partial charge in [-0.1, -0.05) is 19.3 Å². The average molecular weight is 231 g/mol. The van der Waals surface area contributed by atoms with Crippen molar-refractivity contribution in [2.75, 3.05) is 6.54 Å². The second-order valence-electron chi connectivity index (χ2n) is 4.89. The molecule has 5 heteroatoms. The molecule has 1 fully saturated rings.